The minimum Gasteiger partial charge on any atom is -0.490 e. The molecule has 1 aromatic heterocycles. The van der Waals surface area contributed by atoms with Gasteiger partial charge in [-0.25, -0.2) is 4.98 Å². The fourth-order valence-corrected chi connectivity index (χ4v) is 3.82. The lowest BCUT2D eigenvalue weighted by molar-refractivity contribution is 0.0846. The Kier molecular flexibility index (Phi) is 5.74. The Balaban J connectivity index is 1.18. The van der Waals surface area contributed by atoms with Crippen LogP contribution in [-0.2, 0) is 0 Å². The van der Waals surface area contributed by atoms with Crippen molar-refractivity contribution in [2.24, 2.45) is 0 Å². The number of nitrogens with one attached hydrogen (secondary N) is 1. The highest BCUT2D eigenvalue weighted by atomic mass is 16.5. The summed E-state index contributed by atoms with van der Waals surface area (Å²) >= 11 is 0. The molecule has 33 heavy (non-hydrogen) atoms. The fourth-order valence-electron chi connectivity index (χ4n) is 3.82. The Bertz CT molecular complexity index is 1400. The number of rotatable bonds is 7. The molecule has 1 atom stereocenters. The van der Waals surface area contributed by atoms with Gasteiger partial charge in [-0.2, -0.15) is 0 Å². The number of hydrogen-bond donors (Lipinski definition) is 2. The molecule has 0 aliphatic rings. The van der Waals surface area contributed by atoms with E-state index < -0.39 is 6.10 Å². The third kappa shape index (κ3) is 4.42. The van der Waals surface area contributed by atoms with E-state index in [1.165, 1.54) is 0 Å². The van der Waals surface area contributed by atoms with Crippen LogP contribution < -0.4 is 10.1 Å². The number of hydrogen-bond acceptors (Lipinski definition) is 4. The van der Waals surface area contributed by atoms with Gasteiger partial charge in [0, 0.05) is 23.2 Å². The van der Waals surface area contributed by atoms with E-state index >= 15 is 0 Å². The van der Waals surface area contributed by atoms with E-state index in [1.807, 2.05) is 83.4 Å². The summed E-state index contributed by atoms with van der Waals surface area (Å²) in [6.07, 6.45) is 0.941. The number of carbonyl (C=O) groups excluding carboxylic acids is 1. The molecule has 1 heterocycles. The molecule has 0 radical (unpaired) electrons. The Morgan fingerprint density at radius 1 is 0.939 bits per heavy atom. The second-order valence-electron chi connectivity index (χ2n) is 7.80. The number of ether oxygens (including phenoxy) is 1. The van der Waals surface area contributed by atoms with Crippen LogP contribution in [-0.4, -0.2) is 39.8 Å². The summed E-state index contributed by atoms with van der Waals surface area (Å²) in [4.78, 5) is 16.9. The average Bonchev–Trinajstić information content (AvgIpc) is 3.30. The predicted octanol–water partition coefficient (Wildman–Crippen LogP) is 4.35. The van der Waals surface area contributed by atoms with Crippen molar-refractivity contribution in [3.63, 3.8) is 0 Å². The molecule has 0 bridgehead atoms. The standard InChI is InChI=1S/C27H23N3O3/c31-22(17-33-26-11-5-7-19-6-1-2-8-23(19)26)16-28-27(32)20-12-14-21(15-13-20)30-18-29-24-9-3-4-10-25(24)30/h1-15,18,22,31H,16-17H2,(H,28,32). The van der Waals surface area contributed by atoms with E-state index in [2.05, 4.69) is 10.3 Å². The molecule has 1 unspecified atom stereocenters. The molecular weight excluding hydrogens is 414 g/mol. The van der Waals surface area contributed by atoms with Gasteiger partial charge in [0.2, 0.25) is 0 Å². The number of benzene rings is 4. The summed E-state index contributed by atoms with van der Waals surface area (Å²) < 4.78 is 7.78. The first kappa shape index (κ1) is 20.7. The fraction of sp³-hybridized carbons (Fsp3) is 0.111. The maximum atomic E-state index is 12.5. The molecule has 6 nitrogen and oxygen atoms in total. The number of aromatic nitrogens is 2. The summed E-state index contributed by atoms with van der Waals surface area (Å²) in [5.41, 5.74) is 3.36. The summed E-state index contributed by atoms with van der Waals surface area (Å²) in [7, 11) is 0. The van der Waals surface area contributed by atoms with Crippen molar-refractivity contribution in [1.29, 1.82) is 0 Å². The SMILES string of the molecule is O=C(NCC(O)COc1cccc2ccccc12)c1ccc(-n2cnc3ccccc32)cc1. The summed E-state index contributed by atoms with van der Waals surface area (Å²) in [6, 6.07) is 28.9. The third-order valence-electron chi connectivity index (χ3n) is 5.54. The van der Waals surface area contributed by atoms with Crippen LogP contribution in [0.2, 0.25) is 0 Å². The van der Waals surface area contributed by atoms with Gasteiger partial charge in [0.1, 0.15) is 24.8 Å². The molecule has 0 saturated heterocycles. The van der Waals surface area contributed by atoms with Gasteiger partial charge in [0.15, 0.2) is 0 Å². The van der Waals surface area contributed by atoms with Crippen LogP contribution in [0.4, 0.5) is 0 Å². The lowest BCUT2D eigenvalue weighted by Crippen LogP contribution is -2.35. The lowest BCUT2D eigenvalue weighted by atomic mass is 10.1. The van der Waals surface area contributed by atoms with E-state index in [9.17, 15) is 9.90 Å². The number of imidazole rings is 1. The third-order valence-corrected chi connectivity index (χ3v) is 5.54. The second-order valence-corrected chi connectivity index (χ2v) is 7.80. The Morgan fingerprint density at radius 2 is 1.70 bits per heavy atom. The van der Waals surface area contributed by atoms with Crippen molar-refractivity contribution in [2.75, 3.05) is 13.2 Å². The van der Waals surface area contributed by atoms with Gasteiger partial charge in [-0.1, -0.05) is 48.5 Å². The molecule has 0 aliphatic heterocycles. The number of amides is 1. The second kappa shape index (κ2) is 9.14. The topological polar surface area (TPSA) is 76.4 Å². The molecule has 0 saturated carbocycles. The molecule has 5 rings (SSSR count). The van der Waals surface area contributed by atoms with Crippen LogP contribution in [0.3, 0.4) is 0 Å². The number of nitrogens with zero attached hydrogens (tertiary/aromatic N) is 2. The zero-order valence-electron chi connectivity index (χ0n) is 17.9. The lowest BCUT2D eigenvalue weighted by Gasteiger charge is -2.15. The van der Waals surface area contributed by atoms with E-state index in [0.717, 1.165) is 27.5 Å². The Hall–Kier alpha value is -4.16. The first-order valence-corrected chi connectivity index (χ1v) is 10.8. The molecular formula is C27H23N3O3. The van der Waals surface area contributed by atoms with Crippen LogP contribution >= 0.6 is 0 Å². The average molecular weight is 437 g/mol. The van der Waals surface area contributed by atoms with Crippen molar-refractivity contribution < 1.29 is 14.6 Å². The maximum Gasteiger partial charge on any atom is 0.251 e. The molecule has 5 aromatic rings. The molecule has 2 N–H and O–H groups in total. The van der Waals surface area contributed by atoms with E-state index in [4.69, 9.17) is 4.74 Å². The Morgan fingerprint density at radius 3 is 2.58 bits per heavy atom. The van der Waals surface area contributed by atoms with Gasteiger partial charge in [-0.05, 0) is 47.9 Å². The molecule has 6 heteroatoms. The highest BCUT2D eigenvalue weighted by Crippen LogP contribution is 2.25. The van der Waals surface area contributed by atoms with Crippen molar-refractivity contribution in [3.8, 4) is 11.4 Å². The van der Waals surface area contributed by atoms with Crippen LogP contribution in [0.1, 0.15) is 10.4 Å². The molecule has 0 spiro atoms. The molecule has 164 valence electrons. The summed E-state index contributed by atoms with van der Waals surface area (Å²) in [5, 5.41) is 15.1. The van der Waals surface area contributed by atoms with Crippen molar-refractivity contribution in [2.45, 2.75) is 6.10 Å². The van der Waals surface area contributed by atoms with E-state index in [0.29, 0.717) is 11.3 Å². The van der Waals surface area contributed by atoms with Crippen molar-refractivity contribution in [3.05, 3.63) is 103 Å². The van der Waals surface area contributed by atoms with Gasteiger partial charge < -0.3 is 15.2 Å². The molecule has 0 fully saturated rings. The van der Waals surface area contributed by atoms with Crippen molar-refractivity contribution in [1.82, 2.24) is 14.9 Å². The summed E-state index contributed by atoms with van der Waals surface area (Å²) in [6.45, 7) is 0.179. The number of aliphatic hydroxyl groups is 1. The molecule has 4 aromatic carbocycles. The Labute approximate surface area is 191 Å². The number of para-hydroxylation sites is 2. The summed E-state index contributed by atoms with van der Waals surface area (Å²) in [5.74, 6) is 0.461. The smallest absolute Gasteiger partial charge is 0.251 e. The maximum absolute atomic E-state index is 12.5. The highest BCUT2D eigenvalue weighted by Gasteiger charge is 2.12. The quantitative estimate of drug-likeness (QED) is 0.397. The minimum atomic E-state index is -0.829. The zero-order valence-corrected chi connectivity index (χ0v) is 17.9. The number of fused-ring (bicyclic) bond motifs is 2. The first-order chi connectivity index (χ1) is 16.2. The molecule has 0 aliphatic carbocycles. The van der Waals surface area contributed by atoms with E-state index in [-0.39, 0.29) is 19.1 Å². The minimum absolute atomic E-state index is 0.0843. The number of carbonyl (C=O) groups is 1. The van der Waals surface area contributed by atoms with Gasteiger partial charge >= 0.3 is 0 Å². The number of aliphatic hydroxyl groups excluding tert-OH is 1. The van der Waals surface area contributed by atoms with Crippen molar-refractivity contribution >= 4 is 27.7 Å². The van der Waals surface area contributed by atoms with Gasteiger partial charge in [-0.3, -0.25) is 9.36 Å². The predicted molar refractivity (Wildman–Crippen MR) is 129 cm³/mol. The molecule has 1 amide bonds. The van der Waals surface area contributed by atoms with Crippen LogP contribution in [0.15, 0.2) is 97.3 Å². The highest BCUT2D eigenvalue weighted by molar-refractivity contribution is 5.94. The van der Waals surface area contributed by atoms with Crippen LogP contribution in [0, 0.1) is 0 Å². The van der Waals surface area contributed by atoms with Gasteiger partial charge in [0.25, 0.3) is 5.91 Å². The monoisotopic (exact) mass is 437 g/mol. The first-order valence-electron chi connectivity index (χ1n) is 10.8. The van der Waals surface area contributed by atoms with E-state index in [1.54, 1.807) is 18.5 Å². The zero-order chi connectivity index (χ0) is 22.6. The van der Waals surface area contributed by atoms with Crippen LogP contribution in [0.25, 0.3) is 27.5 Å². The van der Waals surface area contributed by atoms with Crippen LogP contribution in [0.5, 0.6) is 5.75 Å². The largest absolute Gasteiger partial charge is 0.490 e. The van der Waals surface area contributed by atoms with Gasteiger partial charge in [0.05, 0.1) is 11.0 Å². The van der Waals surface area contributed by atoms with Gasteiger partial charge in [-0.15, -0.1) is 0 Å². The normalized spacial score (nSPS) is 12.0.